The number of likely N-dealkylation sites (tertiary alicyclic amines) is 1. The average molecular weight is 369 g/mol. The molecule has 1 fully saturated rings. The van der Waals surface area contributed by atoms with Gasteiger partial charge in [0.05, 0.1) is 0 Å². The lowest BCUT2D eigenvalue weighted by molar-refractivity contribution is -0.188. The van der Waals surface area contributed by atoms with Crippen LogP contribution in [-0.4, -0.2) is 52.0 Å². The molecule has 1 aliphatic heterocycles. The topological polar surface area (TPSA) is 63.7 Å². The number of esters is 1. The normalized spacial score (nSPS) is 20.0. The summed E-state index contributed by atoms with van der Waals surface area (Å²) < 4.78 is 44.7. The van der Waals surface area contributed by atoms with Gasteiger partial charge in [-0.1, -0.05) is 11.8 Å². The van der Waals surface area contributed by atoms with Crippen molar-refractivity contribution < 1.29 is 32.3 Å². The van der Waals surface area contributed by atoms with Crippen molar-refractivity contribution in [1.29, 1.82) is 0 Å². The molecule has 0 aliphatic carbocycles. The third kappa shape index (κ3) is 5.99. The summed E-state index contributed by atoms with van der Waals surface area (Å²) in [4.78, 5) is 36.4. The number of halogens is 3. The van der Waals surface area contributed by atoms with Gasteiger partial charge in [0.1, 0.15) is 17.6 Å². The number of thioether (sulfide) groups is 1. The molecule has 1 amide bonds. The molecular formula is C15H22F3NO4S. The molecule has 0 N–H and O–H groups in total. The van der Waals surface area contributed by atoms with E-state index in [0.29, 0.717) is 18.2 Å². The zero-order valence-electron chi connectivity index (χ0n) is 14.1. The maximum Gasteiger partial charge on any atom is 0.401 e. The highest BCUT2D eigenvalue weighted by Crippen LogP contribution is 2.33. The summed E-state index contributed by atoms with van der Waals surface area (Å²) in [7, 11) is 0. The van der Waals surface area contributed by atoms with Gasteiger partial charge in [-0.3, -0.25) is 9.59 Å². The van der Waals surface area contributed by atoms with Gasteiger partial charge < -0.3 is 9.64 Å². The van der Waals surface area contributed by atoms with Crippen LogP contribution >= 0.6 is 11.8 Å². The average Bonchev–Trinajstić information content (AvgIpc) is 2.83. The zero-order chi connectivity index (χ0) is 18.7. The Labute approximate surface area is 143 Å². The van der Waals surface area contributed by atoms with E-state index in [-0.39, 0.29) is 13.0 Å². The van der Waals surface area contributed by atoms with E-state index in [2.05, 4.69) is 0 Å². The summed E-state index contributed by atoms with van der Waals surface area (Å²) in [6, 6.07) is -1.01. The van der Waals surface area contributed by atoms with Crippen molar-refractivity contribution in [2.45, 2.75) is 58.4 Å². The molecule has 1 unspecified atom stereocenters. The van der Waals surface area contributed by atoms with Crippen LogP contribution in [0.1, 0.15) is 40.5 Å². The number of ether oxygens (including phenoxy) is 1. The third-order valence-electron chi connectivity index (χ3n) is 3.36. The van der Waals surface area contributed by atoms with E-state index in [4.69, 9.17) is 4.74 Å². The molecule has 0 bridgehead atoms. The van der Waals surface area contributed by atoms with Crippen molar-refractivity contribution >= 4 is 28.8 Å². The van der Waals surface area contributed by atoms with E-state index in [0.717, 1.165) is 11.8 Å². The van der Waals surface area contributed by atoms with Crippen LogP contribution in [0.4, 0.5) is 13.2 Å². The molecule has 0 saturated carbocycles. The van der Waals surface area contributed by atoms with Gasteiger partial charge in [0.15, 0.2) is 5.12 Å². The number of carbonyl (C=O) groups excluding carboxylic acids is 3. The van der Waals surface area contributed by atoms with Gasteiger partial charge in [0.25, 0.3) is 0 Å². The third-order valence-corrected chi connectivity index (χ3v) is 4.27. The summed E-state index contributed by atoms with van der Waals surface area (Å²) in [6.45, 7) is 6.15. The molecule has 5 nitrogen and oxygen atoms in total. The van der Waals surface area contributed by atoms with Crippen LogP contribution in [0, 0.1) is 5.92 Å². The first-order chi connectivity index (χ1) is 10.8. The Morgan fingerprint density at radius 1 is 1.25 bits per heavy atom. The van der Waals surface area contributed by atoms with Gasteiger partial charge in [-0.2, -0.15) is 13.2 Å². The summed E-state index contributed by atoms with van der Waals surface area (Å²) in [5.41, 5.74) is -0.789. The molecule has 1 rings (SSSR count). The van der Waals surface area contributed by atoms with Gasteiger partial charge in [0, 0.05) is 19.2 Å². The molecule has 138 valence electrons. The van der Waals surface area contributed by atoms with Gasteiger partial charge in [-0.15, -0.1) is 0 Å². The van der Waals surface area contributed by atoms with Crippen LogP contribution in [-0.2, 0) is 19.1 Å². The number of nitrogens with zero attached hydrogens (tertiary/aromatic N) is 1. The van der Waals surface area contributed by atoms with Crippen LogP contribution < -0.4 is 0 Å². The molecule has 0 aromatic rings. The fraction of sp³-hybridized carbons (Fsp3) is 0.800. The quantitative estimate of drug-likeness (QED) is 0.713. The Balaban J connectivity index is 2.91. The van der Waals surface area contributed by atoms with Crippen LogP contribution in [0.2, 0.25) is 0 Å². The first-order valence-corrected chi connectivity index (χ1v) is 8.55. The fourth-order valence-electron chi connectivity index (χ4n) is 2.35. The second kappa shape index (κ2) is 7.76. The van der Waals surface area contributed by atoms with E-state index in [9.17, 15) is 27.6 Å². The molecule has 0 spiro atoms. The van der Waals surface area contributed by atoms with Crippen LogP contribution in [0.25, 0.3) is 0 Å². The van der Waals surface area contributed by atoms with Gasteiger partial charge in [-0.25, -0.2) is 4.79 Å². The van der Waals surface area contributed by atoms with Crippen LogP contribution in [0.5, 0.6) is 0 Å². The SMILES string of the molecule is CC(=O)SCC(C(=O)N1CCC[C@H]1C(=O)OC(C)(C)C)C(F)(F)F. The van der Waals surface area contributed by atoms with Crippen LogP contribution in [0.3, 0.4) is 0 Å². The van der Waals surface area contributed by atoms with E-state index in [1.165, 1.54) is 0 Å². The van der Waals surface area contributed by atoms with Crippen molar-refractivity contribution in [2.24, 2.45) is 5.92 Å². The largest absolute Gasteiger partial charge is 0.458 e. The number of alkyl halides is 3. The number of rotatable bonds is 4. The Morgan fingerprint density at radius 3 is 2.29 bits per heavy atom. The fourth-order valence-corrected chi connectivity index (χ4v) is 3.08. The van der Waals surface area contributed by atoms with E-state index in [1.807, 2.05) is 0 Å². The lowest BCUT2D eigenvalue weighted by atomic mass is 10.1. The summed E-state index contributed by atoms with van der Waals surface area (Å²) in [5.74, 6) is -4.87. The molecule has 0 radical (unpaired) electrons. The van der Waals surface area contributed by atoms with Crippen LogP contribution in [0.15, 0.2) is 0 Å². The second-order valence-corrected chi connectivity index (χ2v) is 7.82. The number of carbonyl (C=O) groups is 3. The van der Waals surface area contributed by atoms with E-state index >= 15 is 0 Å². The molecule has 0 aromatic carbocycles. The Kier molecular flexibility index (Phi) is 6.72. The minimum atomic E-state index is -4.78. The summed E-state index contributed by atoms with van der Waals surface area (Å²) in [6.07, 6.45) is -4.08. The van der Waals surface area contributed by atoms with Crippen molar-refractivity contribution in [3.63, 3.8) is 0 Å². The van der Waals surface area contributed by atoms with Crippen molar-refractivity contribution in [3.05, 3.63) is 0 Å². The monoisotopic (exact) mass is 369 g/mol. The number of amides is 1. The standard InChI is InChI=1S/C15H22F3NO4S/c1-9(20)24-8-10(15(16,17)18)12(21)19-7-5-6-11(19)13(22)23-14(2,3)4/h10-11H,5-8H2,1-4H3/t10?,11-/m0/s1. The van der Waals surface area contributed by atoms with E-state index < -0.39 is 46.5 Å². The maximum atomic E-state index is 13.2. The first-order valence-electron chi connectivity index (χ1n) is 7.56. The molecule has 2 atom stereocenters. The molecule has 1 heterocycles. The summed E-state index contributed by atoms with van der Waals surface area (Å²) in [5, 5.41) is -0.498. The predicted octanol–water partition coefficient (Wildman–Crippen LogP) is 2.78. The predicted molar refractivity (Wildman–Crippen MR) is 83.3 cm³/mol. The Morgan fingerprint density at radius 2 is 1.83 bits per heavy atom. The van der Waals surface area contributed by atoms with Gasteiger partial charge in [-0.05, 0) is 33.6 Å². The summed E-state index contributed by atoms with van der Waals surface area (Å²) >= 11 is 0.450. The molecular weight excluding hydrogens is 347 g/mol. The highest BCUT2D eigenvalue weighted by Gasteiger charge is 2.49. The van der Waals surface area contributed by atoms with Gasteiger partial charge >= 0.3 is 12.1 Å². The minimum Gasteiger partial charge on any atom is -0.458 e. The second-order valence-electron chi connectivity index (χ2n) is 6.62. The molecule has 0 aromatic heterocycles. The number of hydrogen-bond donors (Lipinski definition) is 0. The highest BCUT2D eigenvalue weighted by atomic mass is 32.2. The highest BCUT2D eigenvalue weighted by molar-refractivity contribution is 8.13. The van der Waals surface area contributed by atoms with Crippen molar-refractivity contribution in [3.8, 4) is 0 Å². The Hall–Kier alpha value is -1.25. The van der Waals surface area contributed by atoms with Crippen molar-refractivity contribution in [2.75, 3.05) is 12.3 Å². The maximum absolute atomic E-state index is 13.2. The zero-order valence-corrected chi connectivity index (χ0v) is 14.9. The lowest BCUT2D eigenvalue weighted by Gasteiger charge is -2.30. The Bertz CT molecular complexity index is 502. The first kappa shape index (κ1) is 20.8. The van der Waals surface area contributed by atoms with E-state index in [1.54, 1.807) is 20.8 Å². The molecule has 1 aliphatic rings. The molecule has 24 heavy (non-hydrogen) atoms. The van der Waals surface area contributed by atoms with Gasteiger partial charge in [0.2, 0.25) is 5.91 Å². The number of hydrogen-bond acceptors (Lipinski definition) is 5. The molecule has 9 heteroatoms. The minimum absolute atomic E-state index is 0.0695. The van der Waals surface area contributed by atoms with Crippen molar-refractivity contribution in [1.82, 2.24) is 4.90 Å². The molecule has 1 saturated heterocycles. The smallest absolute Gasteiger partial charge is 0.401 e. The lowest BCUT2D eigenvalue weighted by Crippen LogP contribution is -2.49.